The van der Waals surface area contributed by atoms with Gasteiger partial charge in [0.2, 0.25) is 0 Å². The van der Waals surface area contributed by atoms with Gasteiger partial charge in [-0.3, -0.25) is 0 Å². The van der Waals surface area contributed by atoms with Crippen molar-refractivity contribution < 1.29 is 9.53 Å². The molecule has 0 aromatic carbocycles. The number of rotatable bonds is 7. The van der Waals surface area contributed by atoms with Gasteiger partial charge in [-0.25, -0.2) is 4.79 Å². The topological polar surface area (TPSA) is 41.6 Å². The van der Waals surface area contributed by atoms with Crippen LogP contribution < -0.4 is 5.32 Å². The zero-order valence-electron chi connectivity index (χ0n) is 11.2. The summed E-state index contributed by atoms with van der Waals surface area (Å²) in [4.78, 5) is 13.4. The molecule has 0 unspecified atom stereocenters. The molecule has 0 spiro atoms. The summed E-state index contributed by atoms with van der Waals surface area (Å²) in [5, 5.41) is 2.72. The molecule has 1 amide bonds. The van der Waals surface area contributed by atoms with Gasteiger partial charge in [0, 0.05) is 19.6 Å². The van der Waals surface area contributed by atoms with Crippen LogP contribution in [0.3, 0.4) is 0 Å². The second kappa shape index (κ2) is 8.39. The number of ether oxygens (including phenoxy) is 1. The number of alkyl carbamates (subject to hydrolysis) is 1. The Bertz CT molecular complexity index is 193. The molecule has 1 N–H and O–H groups in total. The van der Waals surface area contributed by atoms with E-state index in [0.29, 0.717) is 25.0 Å². The highest BCUT2D eigenvalue weighted by Crippen LogP contribution is 1.95. The third-order valence-corrected chi connectivity index (χ3v) is 2.04. The Hall–Kier alpha value is -0.770. The molecular formula is C12H26N2O2. The van der Waals surface area contributed by atoms with E-state index in [9.17, 15) is 4.79 Å². The van der Waals surface area contributed by atoms with Crippen molar-refractivity contribution in [3.63, 3.8) is 0 Å². The molecule has 0 aliphatic rings. The Morgan fingerprint density at radius 3 is 2.38 bits per heavy atom. The molecule has 4 heteroatoms. The van der Waals surface area contributed by atoms with Crippen LogP contribution in [0.15, 0.2) is 0 Å². The van der Waals surface area contributed by atoms with Crippen LogP contribution in [0.5, 0.6) is 0 Å². The van der Waals surface area contributed by atoms with Crippen LogP contribution in [0.1, 0.15) is 27.7 Å². The van der Waals surface area contributed by atoms with E-state index in [4.69, 9.17) is 4.74 Å². The molecule has 0 saturated carbocycles. The molecule has 0 bridgehead atoms. The van der Waals surface area contributed by atoms with Crippen LogP contribution in [-0.2, 0) is 4.74 Å². The number of nitrogens with one attached hydrogen (secondary N) is 1. The minimum absolute atomic E-state index is 0.313. The highest BCUT2D eigenvalue weighted by molar-refractivity contribution is 5.67. The molecule has 16 heavy (non-hydrogen) atoms. The van der Waals surface area contributed by atoms with Gasteiger partial charge in [0.15, 0.2) is 0 Å². The highest BCUT2D eigenvalue weighted by Gasteiger charge is 2.05. The first-order valence-electron chi connectivity index (χ1n) is 6.01. The van der Waals surface area contributed by atoms with Crippen LogP contribution in [0.25, 0.3) is 0 Å². The smallest absolute Gasteiger partial charge is 0.407 e. The number of nitrogens with zero attached hydrogens (tertiary/aromatic N) is 1. The molecule has 96 valence electrons. The SMILES string of the molecule is CC(C)CNC(=O)OCCN(C)CC(C)C. The van der Waals surface area contributed by atoms with Gasteiger partial charge in [0.25, 0.3) is 0 Å². The van der Waals surface area contributed by atoms with Crippen LogP contribution >= 0.6 is 0 Å². The highest BCUT2D eigenvalue weighted by atomic mass is 16.5. The van der Waals surface area contributed by atoms with E-state index in [-0.39, 0.29) is 6.09 Å². The predicted octanol–water partition coefficient (Wildman–Crippen LogP) is 1.96. The maximum absolute atomic E-state index is 11.2. The Morgan fingerprint density at radius 1 is 1.25 bits per heavy atom. The Morgan fingerprint density at radius 2 is 1.88 bits per heavy atom. The second-order valence-corrected chi connectivity index (χ2v) is 5.07. The van der Waals surface area contributed by atoms with Crippen LogP contribution in [0.4, 0.5) is 4.79 Å². The normalized spacial score (nSPS) is 11.2. The van der Waals surface area contributed by atoms with Gasteiger partial charge in [-0.1, -0.05) is 27.7 Å². The summed E-state index contributed by atoms with van der Waals surface area (Å²) in [6.45, 7) is 11.4. The molecule has 0 aliphatic carbocycles. The summed E-state index contributed by atoms with van der Waals surface area (Å²) in [6.07, 6.45) is -0.313. The fourth-order valence-electron chi connectivity index (χ4n) is 1.35. The average Bonchev–Trinajstić information content (AvgIpc) is 2.13. The molecule has 0 radical (unpaired) electrons. The zero-order chi connectivity index (χ0) is 12.6. The fraction of sp³-hybridized carbons (Fsp3) is 0.917. The summed E-state index contributed by atoms with van der Waals surface area (Å²) < 4.78 is 5.05. The Balaban J connectivity index is 3.46. The van der Waals surface area contributed by atoms with Crippen molar-refractivity contribution in [2.24, 2.45) is 11.8 Å². The Labute approximate surface area is 99.3 Å². The monoisotopic (exact) mass is 230 g/mol. The molecule has 0 aromatic heterocycles. The van der Waals surface area contributed by atoms with Crippen molar-refractivity contribution in [2.45, 2.75) is 27.7 Å². The molecule has 0 fully saturated rings. The Kier molecular flexibility index (Phi) is 7.99. The van der Waals surface area contributed by atoms with Gasteiger partial charge in [-0.15, -0.1) is 0 Å². The summed E-state index contributed by atoms with van der Waals surface area (Å²) in [6, 6.07) is 0. The zero-order valence-corrected chi connectivity index (χ0v) is 11.2. The van der Waals surface area contributed by atoms with E-state index in [1.54, 1.807) is 0 Å². The van der Waals surface area contributed by atoms with Crippen molar-refractivity contribution in [1.82, 2.24) is 10.2 Å². The van der Waals surface area contributed by atoms with Gasteiger partial charge in [-0.05, 0) is 18.9 Å². The van der Waals surface area contributed by atoms with Gasteiger partial charge >= 0.3 is 6.09 Å². The lowest BCUT2D eigenvalue weighted by molar-refractivity contribution is 0.129. The van der Waals surface area contributed by atoms with Gasteiger partial charge < -0.3 is 15.0 Å². The van der Waals surface area contributed by atoms with E-state index in [2.05, 4.69) is 37.9 Å². The van der Waals surface area contributed by atoms with E-state index in [0.717, 1.165) is 13.1 Å². The molecule has 0 atom stereocenters. The van der Waals surface area contributed by atoms with Crippen LogP contribution in [0.2, 0.25) is 0 Å². The van der Waals surface area contributed by atoms with E-state index < -0.39 is 0 Å². The fourth-order valence-corrected chi connectivity index (χ4v) is 1.35. The summed E-state index contributed by atoms with van der Waals surface area (Å²) in [7, 11) is 2.04. The molecule has 4 nitrogen and oxygen atoms in total. The molecular weight excluding hydrogens is 204 g/mol. The van der Waals surface area contributed by atoms with E-state index in [1.807, 2.05) is 7.05 Å². The predicted molar refractivity (Wildman–Crippen MR) is 66.5 cm³/mol. The summed E-state index contributed by atoms with van der Waals surface area (Å²) in [5.74, 6) is 1.09. The number of hydrogen-bond donors (Lipinski definition) is 1. The lowest BCUT2D eigenvalue weighted by atomic mass is 10.2. The number of amides is 1. The average molecular weight is 230 g/mol. The molecule has 0 aliphatic heterocycles. The molecule has 0 rings (SSSR count). The van der Waals surface area contributed by atoms with Crippen molar-refractivity contribution in [1.29, 1.82) is 0 Å². The van der Waals surface area contributed by atoms with Crippen LogP contribution in [-0.4, -0.2) is 44.3 Å². The first kappa shape index (κ1) is 15.2. The number of likely N-dealkylation sites (N-methyl/N-ethyl adjacent to an activating group) is 1. The quantitative estimate of drug-likeness (QED) is 0.727. The van der Waals surface area contributed by atoms with Crippen molar-refractivity contribution in [3.05, 3.63) is 0 Å². The number of carbonyl (C=O) groups excluding carboxylic acids is 1. The summed E-state index contributed by atoms with van der Waals surface area (Å²) >= 11 is 0. The molecule has 0 saturated heterocycles. The minimum atomic E-state index is -0.313. The molecule has 0 aromatic rings. The first-order valence-corrected chi connectivity index (χ1v) is 6.01. The van der Waals surface area contributed by atoms with E-state index in [1.165, 1.54) is 0 Å². The van der Waals surface area contributed by atoms with Crippen molar-refractivity contribution in [2.75, 3.05) is 33.3 Å². The standard InChI is InChI=1S/C12H26N2O2/c1-10(2)8-13-12(15)16-7-6-14(5)9-11(3)4/h10-11H,6-9H2,1-5H3,(H,13,15). The largest absolute Gasteiger partial charge is 0.448 e. The van der Waals surface area contributed by atoms with Crippen molar-refractivity contribution in [3.8, 4) is 0 Å². The summed E-state index contributed by atoms with van der Waals surface area (Å²) in [5.41, 5.74) is 0. The van der Waals surface area contributed by atoms with E-state index >= 15 is 0 Å². The number of hydrogen-bond acceptors (Lipinski definition) is 3. The number of carbonyl (C=O) groups is 1. The lowest BCUT2D eigenvalue weighted by Gasteiger charge is -2.18. The van der Waals surface area contributed by atoms with Gasteiger partial charge in [0.05, 0.1) is 0 Å². The second-order valence-electron chi connectivity index (χ2n) is 5.07. The maximum atomic E-state index is 11.2. The third kappa shape index (κ3) is 9.77. The first-order chi connectivity index (χ1) is 7.41. The third-order valence-electron chi connectivity index (χ3n) is 2.04. The lowest BCUT2D eigenvalue weighted by Crippen LogP contribution is -2.32. The van der Waals surface area contributed by atoms with Gasteiger partial charge in [0.1, 0.15) is 6.61 Å². The van der Waals surface area contributed by atoms with Gasteiger partial charge in [-0.2, -0.15) is 0 Å². The maximum Gasteiger partial charge on any atom is 0.407 e. The minimum Gasteiger partial charge on any atom is -0.448 e. The van der Waals surface area contributed by atoms with Crippen LogP contribution in [0, 0.1) is 11.8 Å². The molecule has 0 heterocycles. The van der Waals surface area contributed by atoms with Crippen molar-refractivity contribution >= 4 is 6.09 Å².